The normalized spacial score (nSPS) is 11.8. The SMILES string of the molecule is COCCOC(=O)Nc1cccc(NC(=O)CCN2c3ccccc3Sc3ccccc32)c1. The third kappa shape index (κ3) is 5.85. The fourth-order valence-corrected chi connectivity index (χ4v) is 4.60. The lowest BCUT2D eigenvalue weighted by molar-refractivity contribution is -0.116. The van der Waals surface area contributed by atoms with Gasteiger partial charge in [-0.15, -0.1) is 0 Å². The highest BCUT2D eigenvalue weighted by Gasteiger charge is 2.23. The first-order chi connectivity index (χ1) is 16.1. The van der Waals surface area contributed by atoms with Crippen molar-refractivity contribution in [1.82, 2.24) is 0 Å². The summed E-state index contributed by atoms with van der Waals surface area (Å²) in [5.74, 6) is -0.108. The Labute approximate surface area is 197 Å². The van der Waals surface area contributed by atoms with E-state index in [1.54, 1.807) is 36.0 Å². The average Bonchev–Trinajstić information content (AvgIpc) is 2.82. The summed E-state index contributed by atoms with van der Waals surface area (Å²) in [6.07, 6.45) is -0.264. The van der Waals surface area contributed by atoms with E-state index in [0.717, 1.165) is 11.4 Å². The number of carbonyl (C=O) groups excluding carboxylic acids is 2. The number of anilines is 4. The molecule has 4 rings (SSSR count). The molecule has 0 aliphatic carbocycles. The van der Waals surface area contributed by atoms with Gasteiger partial charge in [-0.05, 0) is 42.5 Å². The van der Waals surface area contributed by atoms with Gasteiger partial charge in [-0.3, -0.25) is 10.1 Å². The van der Waals surface area contributed by atoms with Crippen LogP contribution < -0.4 is 15.5 Å². The van der Waals surface area contributed by atoms with Crippen molar-refractivity contribution in [2.75, 3.05) is 42.4 Å². The first-order valence-electron chi connectivity index (χ1n) is 10.6. The maximum absolute atomic E-state index is 12.7. The van der Waals surface area contributed by atoms with Gasteiger partial charge in [0.1, 0.15) is 6.61 Å². The van der Waals surface area contributed by atoms with Crippen LogP contribution in [0, 0.1) is 0 Å². The number of hydrogen-bond acceptors (Lipinski definition) is 6. The highest BCUT2D eigenvalue weighted by atomic mass is 32.2. The predicted octanol–water partition coefficient (Wildman–Crippen LogP) is 5.51. The number of rotatable bonds is 8. The second-order valence-electron chi connectivity index (χ2n) is 7.32. The molecule has 0 bridgehead atoms. The van der Waals surface area contributed by atoms with Crippen molar-refractivity contribution in [1.29, 1.82) is 0 Å². The van der Waals surface area contributed by atoms with Crippen molar-refractivity contribution in [3.63, 3.8) is 0 Å². The molecule has 3 aromatic carbocycles. The molecule has 0 unspecified atom stereocenters. The summed E-state index contributed by atoms with van der Waals surface area (Å²) in [4.78, 5) is 29.1. The van der Waals surface area contributed by atoms with Crippen LogP contribution in [0.3, 0.4) is 0 Å². The number of nitrogens with one attached hydrogen (secondary N) is 2. The Kier molecular flexibility index (Phi) is 7.49. The Morgan fingerprint density at radius 1 is 0.848 bits per heavy atom. The maximum atomic E-state index is 12.7. The van der Waals surface area contributed by atoms with Gasteiger partial charge in [0.2, 0.25) is 5.91 Å². The van der Waals surface area contributed by atoms with Crippen LogP contribution in [0.25, 0.3) is 0 Å². The fraction of sp³-hybridized carbons (Fsp3) is 0.200. The van der Waals surface area contributed by atoms with Crippen LogP contribution in [-0.2, 0) is 14.3 Å². The second-order valence-corrected chi connectivity index (χ2v) is 8.41. The molecule has 0 atom stereocenters. The van der Waals surface area contributed by atoms with Crippen LogP contribution in [0.4, 0.5) is 27.5 Å². The Bertz CT molecular complexity index is 1090. The summed E-state index contributed by atoms with van der Waals surface area (Å²) in [6, 6.07) is 23.4. The van der Waals surface area contributed by atoms with Crippen LogP contribution >= 0.6 is 11.8 Å². The largest absolute Gasteiger partial charge is 0.447 e. The molecule has 0 aromatic heterocycles. The van der Waals surface area contributed by atoms with Gasteiger partial charge in [0, 0.05) is 41.2 Å². The molecular weight excluding hydrogens is 438 g/mol. The van der Waals surface area contributed by atoms with E-state index >= 15 is 0 Å². The first kappa shape index (κ1) is 22.7. The molecule has 0 spiro atoms. The Hall–Kier alpha value is -3.49. The summed E-state index contributed by atoms with van der Waals surface area (Å²) in [5.41, 5.74) is 3.34. The zero-order valence-electron chi connectivity index (χ0n) is 18.2. The van der Waals surface area contributed by atoms with Crippen LogP contribution in [0.5, 0.6) is 0 Å². The van der Waals surface area contributed by atoms with E-state index in [1.165, 1.54) is 16.9 Å². The minimum atomic E-state index is -0.573. The van der Waals surface area contributed by atoms with Crippen molar-refractivity contribution in [3.05, 3.63) is 72.8 Å². The quantitative estimate of drug-likeness (QED) is 0.429. The number of methoxy groups -OCH3 is 1. The van der Waals surface area contributed by atoms with Gasteiger partial charge in [-0.2, -0.15) is 0 Å². The molecule has 33 heavy (non-hydrogen) atoms. The molecule has 0 saturated carbocycles. The number of fused-ring (bicyclic) bond motifs is 2. The fourth-order valence-electron chi connectivity index (χ4n) is 3.51. The summed E-state index contributed by atoms with van der Waals surface area (Å²) in [6.45, 7) is 1.04. The highest BCUT2D eigenvalue weighted by molar-refractivity contribution is 7.99. The zero-order chi connectivity index (χ0) is 23.0. The van der Waals surface area contributed by atoms with E-state index in [0.29, 0.717) is 30.9 Å². The summed E-state index contributed by atoms with van der Waals surface area (Å²) in [7, 11) is 1.54. The van der Waals surface area contributed by atoms with E-state index in [1.807, 2.05) is 24.3 Å². The van der Waals surface area contributed by atoms with Gasteiger partial charge in [0.25, 0.3) is 0 Å². The molecule has 2 N–H and O–H groups in total. The van der Waals surface area contributed by atoms with Crippen molar-refractivity contribution < 1.29 is 19.1 Å². The van der Waals surface area contributed by atoms with Gasteiger partial charge < -0.3 is 19.7 Å². The van der Waals surface area contributed by atoms with Gasteiger partial charge >= 0.3 is 6.09 Å². The number of para-hydroxylation sites is 2. The molecule has 7 nitrogen and oxygen atoms in total. The van der Waals surface area contributed by atoms with Gasteiger partial charge in [0.05, 0.1) is 18.0 Å². The number of hydrogen-bond donors (Lipinski definition) is 2. The molecule has 1 aliphatic heterocycles. The van der Waals surface area contributed by atoms with Crippen molar-refractivity contribution in [2.45, 2.75) is 16.2 Å². The number of amides is 2. The van der Waals surface area contributed by atoms with Gasteiger partial charge in [-0.1, -0.05) is 42.1 Å². The topological polar surface area (TPSA) is 79.9 Å². The standard InChI is InChI=1S/C25H25N3O4S/c1-31-15-16-32-25(30)27-19-8-6-7-18(17-19)26-24(29)13-14-28-20-9-2-4-11-22(20)33-23-12-5-3-10-21(23)28/h2-12,17H,13-16H2,1H3,(H,26,29)(H,27,30). The van der Waals surface area contributed by atoms with Crippen LogP contribution in [0.1, 0.15) is 6.42 Å². The maximum Gasteiger partial charge on any atom is 0.411 e. The molecule has 2 amide bonds. The number of carbonyl (C=O) groups is 2. The Morgan fingerprint density at radius 2 is 1.48 bits per heavy atom. The highest BCUT2D eigenvalue weighted by Crippen LogP contribution is 2.47. The molecule has 0 fully saturated rings. The van der Waals surface area contributed by atoms with E-state index in [2.05, 4.69) is 39.8 Å². The predicted molar refractivity (Wildman–Crippen MR) is 131 cm³/mol. The van der Waals surface area contributed by atoms with Gasteiger partial charge in [0.15, 0.2) is 0 Å². The Morgan fingerprint density at radius 3 is 2.15 bits per heavy atom. The average molecular weight is 464 g/mol. The van der Waals surface area contributed by atoms with Crippen LogP contribution in [0.15, 0.2) is 82.6 Å². The lowest BCUT2D eigenvalue weighted by atomic mass is 10.2. The summed E-state index contributed by atoms with van der Waals surface area (Å²) >= 11 is 1.74. The number of benzene rings is 3. The third-order valence-electron chi connectivity index (χ3n) is 5.01. The minimum absolute atomic E-state index is 0.108. The van der Waals surface area contributed by atoms with Crippen molar-refractivity contribution in [3.8, 4) is 0 Å². The van der Waals surface area contributed by atoms with E-state index in [4.69, 9.17) is 9.47 Å². The van der Waals surface area contributed by atoms with Crippen LogP contribution in [-0.4, -0.2) is 38.9 Å². The van der Waals surface area contributed by atoms with E-state index < -0.39 is 6.09 Å². The first-order valence-corrected chi connectivity index (χ1v) is 11.4. The van der Waals surface area contributed by atoms with Crippen molar-refractivity contribution in [2.24, 2.45) is 0 Å². The zero-order valence-corrected chi connectivity index (χ0v) is 19.1. The Balaban J connectivity index is 1.37. The third-order valence-corrected chi connectivity index (χ3v) is 6.14. The lowest BCUT2D eigenvalue weighted by Gasteiger charge is -2.32. The molecule has 1 aliphatic rings. The second kappa shape index (κ2) is 10.9. The molecule has 1 heterocycles. The summed E-state index contributed by atoms with van der Waals surface area (Å²) < 4.78 is 9.85. The molecule has 170 valence electrons. The minimum Gasteiger partial charge on any atom is -0.447 e. The molecule has 0 radical (unpaired) electrons. The molecule has 8 heteroatoms. The van der Waals surface area contributed by atoms with Crippen LogP contribution in [0.2, 0.25) is 0 Å². The van der Waals surface area contributed by atoms with E-state index in [-0.39, 0.29) is 12.5 Å². The molecule has 3 aromatic rings. The molecule has 0 saturated heterocycles. The van der Waals surface area contributed by atoms with Crippen molar-refractivity contribution >= 4 is 46.5 Å². The number of nitrogens with zero attached hydrogens (tertiary/aromatic N) is 1. The molecular formula is C25H25N3O4S. The summed E-state index contributed by atoms with van der Waals surface area (Å²) in [5, 5.41) is 5.55. The number of ether oxygens (including phenoxy) is 2. The smallest absolute Gasteiger partial charge is 0.411 e. The van der Waals surface area contributed by atoms with Gasteiger partial charge in [-0.25, -0.2) is 4.79 Å². The monoisotopic (exact) mass is 463 g/mol. The lowest BCUT2D eigenvalue weighted by Crippen LogP contribution is -2.26. The van der Waals surface area contributed by atoms with E-state index in [9.17, 15) is 9.59 Å².